The van der Waals surface area contributed by atoms with Gasteiger partial charge in [0, 0.05) is 19.8 Å². The third-order valence-corrected chi connectivity index (χ3v) is 1.02. The van der Waals surface area contributed by atoms with E-state index < -0.39 is 0 Å². The van der Waals surface area contributed by atoms with Gasteiger partial charge in [-0.2, -0.15) is 0 Å². The Balaban J connectivity index is 3.91. The van der Waals surface area contributed by atoms with Gasteiger partial charge in [0.05, 0.1) is 0 Å². The Bertz CT molecular complexity index is 101. The Hall–Kier alpha value is -0.720. The van der Waals surface area contributed by atoms with Gasteiger partial charge in [-0.25, -0.2) is 0 Å². The summed E-state index contributed by atoms with van der Waals surface area (Å²) in [7, 11) is 3.99. The number of nitrogens with zero attached hydrogens (tertiary/aromatic N) is 1. The van der Waals surface area contributed by atoms with E-state index in [4.69, 9.17) is 0 Å². The van der Waals surface area contributed by atoms with E-state index in [1.165, 1.54) is 0 Å². The minimum absolute atomic E-state index is 1.16. The molecule has 0 radical (unpaired) electrons. The van der Waals surface area contributed by atoms with Gasteiger partial charge >= 0.3 is 0 Å². The van der Waals surface area contributed by atoms with E-state index >= 15 is 0 Å². The molecule has 46 valence electrons. The van der Waals surface area contributed by atoms with Gasteiger partial charge in [0.25, 0.3) is 0 Å². The number of allylic oxidation sites excluding steroid dienone is 2. The maximum atomic E-state index is 3.64. The molecule has 0 aliphatic carbocycles. The standard InChI is InChI=1S/C7H13N/c1-5-7(6-2)8(3)4/h5-6H,1H2,2-4H3. The molecule has 0 aliphatic heterocycles. The summed E-state index contributed by atoms with van der Waals surface area (Å²) in [6.07, 6.45) is 3.85. The smallest absolute Gasteiger partial charge is 0.0311 e. The molecule has 0 aromatic heterocycles. The predicted octanol–water partition coefficient (Wildman–Crippen LogP) is 1.64. The van der Waals surface area contributed by atoms with Gasteiger partial charge in [0.15, 0.2) is 0 Å². The molecule has 0 unspecified atom stereocenters. The Kier molecular flexibility index (Phi) is 3.01. The van der Waals surface area contributed by atoms with Crippen LogP contribution in [-0.2, 0) is 0 Å². The Morgan fingerprint density at radius 2 is 2.00 bits per heavy atom. The molecular weight excluding hydrogens is 98.1 g/mol. The summed E-state index contributed by atoms with van der Waals surface area (Å²) in [4.78, 5) is 2.02. The van der Waals surface area contributed by atoms with Gasteiger partial charge in [-0.1, -0.05) is 12.7 Å². The van der Waals surface area contributed by atoms with E-state index in [0.717, 1.165) is 5.70 Å². The molecule has 0 saturated heterocycles. The molecule has 0 fully saturated rings. The third kappa shape index (κ3) is 1.82. The molecule has 0 aliphatic rings. The van der Waals surface area contributed by atoms with E-state index in [1.807, 2.05) is 38.1 Å². The fourth-order valence-corrected chi connectivity index (χ4v) is 0.559. The molecule has 0 aromatic carbocycles. The summed E-state index contributed by atoms with van der Waals surface area (Å²) < 4.78 is 0. The minimum Gasteiger partial charge on any atom is -0.378 e. The average Bonchev–Trinajstić information content (AvgIpc) is 1.69. The number of hydrogen-bond acceptors (Lipinski definition) is 1. The average molecular weight is 111 g/mol. The highest BCUT2D eigenvalue weighted by Gasteiger charge is 1.86. The molecule has 0 aromatic rings. The van der Waals surface area contributed by atoms with Crippen LogP contribution >= 0.6 is 0 Å². The summed E-state index contributed by atoms with van der Waals surface area (Å²) >= 11 is 0. The van der Waals surface area contributed by atoms with Crippen molar-refractivity contribution in [3.8, 4) is 0 Å². The highest BCUT2D eigenvalue weighted by molar-refractivity contribution is 5.12. The second kappa shape index (κ2) is 3.30. The van der Waals surface area contributed by atoms with Gasteiger partial charge < -0.3 is 4.90 Å². The first kappa shape index (κ1) is 7.28. The van der Waals surface area contributed by atoms with E-state index in [9.17, 15) is 0 Å². The van der Waals surface area contributed by atoms with Crippen molar-refractivity contribution in [2.45, 2.75) is 6.92 Å². The number of likely N-dealkylation sites (N-methyl/N-ethyl adjacent to an activating group) is 1. The van der Waals surface area contributed by atoms with Crippen LogP contribution in [0.3, 0.4) is 0 Å². The molecule has 0 spiro atoms. The molecule has 0 saturated carbocycles. The van der Waals surface area contributed by atoms with Gasteiger partial charge in [0.1, 0.15) is 0 Å². The Labute approximate surface area is 51.3 Å². The third-order valence-electron chi connectivity index (χ3n) is 1.02. The van der Waals surface area contributed by atoms with Crippen LogP contribution in [0.2, 0.25) is 0 Å². The highest BCUT2D eigenvalue weighted by Crippen LogP contribution is 1.96. The molecule has 0 atom stereocenters. The fourth-order valence-electron chi connectivity index (χ4n) is 0.559. The van der Waals surface area contributed by atoms with Crippen LogP contribution in [0.4, 0.5) is 0 Å². The maximum absolute atomic E-state index is 3.64. The zero-order valence-corrected chi connectivity index (χ0v) is 5.81. The second-order valence-electron chi connectivity index (χ2n) is 1.81. The summed E-state index contributed by atoms with van der Waals surface area (Å²) in [5.74, 6) is 0. The molecule has 8 heavy (non-hydrogen) atoms. The molecule has 0 heterocycles. The van der Waals surface area contributed by atoms with Crippen molar-refractivity contribution in [3.63, 3.8) is 0 Å². The quantitative estimate of drug-likeness (QED) is 0.490. The normalized spacial score (nSPS) is 11.1. The zero-order chi connectivity index (χ0) is 6.57. The van der Waals surface area contributed by atoms with Crippen molar-refractivity contribution in [2.24, 2.45) is 0 Å². The van der Waals surface area contributed by atoms with Crippen LogP contribution < -0.4 is 0 Å². The summed E-state index contributed by atoms with van der Waals surface area (Å²) in [5.41, 5.74) is 1.16. The monoisotopic (exact) mass is 111 g/mol. The fraction of sp³-hybridized carbons (Fsp3) is 0.429. The SMILES string of the molecule is C=CC(=CC)N(C)C. The van der Waals surface area contributed by atoms with Crippen LogP contribution in [0.15, 0.2) is 24.4 Å². The second-order valence-corrected chi connectivity index (χ2v) is 1.81. The molecule has 1 nitrogen and oxygen atoms in total. The number of hydrogen-bond donors (Lipinski definition) is 0. The van der Waals surface area contributed by atoms with E-state index in [2.05, 4.69) is 6.58 Å². The van der Waals surface area contributed by atoms with Crippen LogP contribution in [-0.4, -0.2) is 19.0 Å². The summed E-state index contributed by atoms with van der Waals surface area (Å²) in [5, 5.41) is 0. The first-order valence-corrected chi connectivity index (χ1v) is 2.68. The van der Waals surface area contributed by atoms with Crippen LogP contribution in [0.25, 0.3) is 0 Å². The maximum Gasteiger partial charge on any atom is 0.0311 e. The molecule has 0 amide bonds. The zero-order valence-electron chi connectivity index (χ0n) is 5.81. The van der Waals surface area contributed by atoms with Crippen molar-refractivity contribution < 1.29 is 0 Å². The van der Waals surface area contributed by atoms with E-state index in [0.29, 0.717) is 0 Å². The van der Waals surface area contributed by atoms with Crippen molar-refractivity contribution >= 4 is 0 Å². The van der Waals surface area contributed by atoms with Gasteiger partial charge in [-0.15, -0.1) is 0 Å². The van der Waals surface area contributed by atoms with Gasteiger partial charge in [-0.05, 0) is 13.0 Å². The molecular formula is C7H13N. The van der Waals surface area contributed by atoms with Gasteiger partial charge in [-0.3, -0.25) is 0 Å². The van der Waals surface area contributed by atoms with Crippen molar-refractivity contribution in [1.29, 1.82) is 0 Å². The van der Waals surface area contributed by atoms with Crippen molar-refractivity contribution in [1.82, 2.24) is 4.90 Å². The lowest BCUT2D eigenvalue weighted by atomic mass is 10.4. The van der Waals surface area contributed by atoms with Crippen LogP contribution in [0, 0.1) is 0 Å². The van der Waals surface area contributed by atoms with Crippen molar-refractivity contribution in [3.05, 3.63) is 24.4 Å². The first-order valence-electron chi connectivity index (χ1n) is 2.68. The Morgan fingerprint density at radius 1 is 1.50 bits per heavy atom. The molecule has 1 heteroatoms. The lowest BCUT2D eigenvalue weighted by molar-refractivity contribution is 0.529. The Morgan fingerprint density at radius 3 is 2.00 bits per heavy atom. The van der Waals surface area contributed by atoms with Crippen LogP contribution in [0.5, 0.6) is 0 Å². The van der Waals surface area contributed by atoms with E-state index in [-0.39, 0.29) is 0 Å². The molecule has 0 N–H and O–H groups in total. The highest BCUT2D eigenvalue weighted by atomic mass is 15.1. The summed E-state index contributed by atoms with van der Waals surface area (Å²) in [6.45, 7) is 5.64. The largest absolute Gasteiger partial charge is 0.378 e. The lowest BCUT2D eigenvalue weighted by Gasteiger charge is -2.11. The minimum atomic E-state index is 1.16. The van der Waals surface area contributed by atoms with E-state index in [1.54, 1.807) is 0 Å². The topological polar surface area (TPSA) is 3.24 Å². The predicted molar refractivity (Wildman–Crippen MR) is 37.6 cm³/mol. The van der Waals surface area contributed by atoms with Gasteiger partial charge in [0.2, 0.25) is 0 Å². The lowest BCUT2D eigenvalue weighted by Crippen LogP contribution is -2.07. The number of rotatable bonds is 2. The molecule has 0 rings (SSSR count). The summed E-state index contributed by atoms with van der Waals surface area (Å²) in [6, 6.07) is 0. The first-order chi connectivity index (χ1) is 3.72. The van der Waals surface area contributed by atoms with Crippen LogP contribution in [0.1, 0.15) is 6.92 Å². The molecule has 0 bridgehead atoms. The van der Waals surface area contributed by atoms with Crippen molar-refractivity contribution in [2.75, 3.05) is 14.1 Å².